The number of benzene rings is 2. The highest BCUT2D eigenvalue weighted by molar-refractivity contribution is 9.10. The van der Waals surface area contributed by atoms with Gasteiger partial charge >= 0.3 is 0 Å². The lowest BCUT2D eigenvalue weighted by Crippen LogP contribution is -2.11. The average molecular weight is 338 g/mol. The normalized spacial score (nSPS) is 11.9. The molecule has 2 aromatic rings. The van der Waals surface area contributed by atoms with Crippen molar-refractivity contribution in [3.05, 3.63) is 58.6 Å². The fraction of sp³-hybridized carbons (Fsp3) is 0.0714. The number of hydrogen-bond donors (Lipinski definition) is 1. The number of carbonyl (C=O) groups is 1. The zero-order valence-electron chi connectivity index (χ0n) is 10.2. The van der Waals surface area contributed by atoms with Crippen molar-refractivity contribution in [3.63, 3.8) is 0 Å². The van der Waals surface area contributed by atoms with Crippen LogP contribution in [0.4, 0.5) is 5.69 Å². The lowest BCUT2D eigenvalue weighted by atomic mass is 10.2. The lowest BCUT2D eigenvalue weighted by Gasteiger charge is -2.06. The van der Waals surface area contributed by atoms with Crippen LogP contribution in [0.3, 0.4) is 0 Å². The van der Waals surface area contributed by atoms with Crippen molar-refractivity contribution in [2.45, 2.75) is 4.90 Å². The molecule has 0 radical (unpaired) electrons. The second-order valence-electron chi connectivity index (χ2n) is 3.94. The Balaban J connectivity index is 2.17. The molecule has 1 N–H and O–H groups in total. The summed E-state index contributed by atoms with van der Waals surface area (Å²) in [6.07, 6.45) is 1.61. The smallest absolute Gasteiger partial charge is 0.255 e. The Labute approximate surface area is 122 Å². The van der Waals surface area contributed by atoms with Gasteiger partial charge in [0, 0.05) is 37.7 Å². The van der Waals surface area contributed by atoms with Gasteiger partial charge in [0.25, 0.3) is 5.91 Å². The van der Waals surface area contributed by atoms with Crippen LogP contribution in [-0.2, 0) is 10.8 Å². The van der Waals surface area contributed by atoms with E-state index in [1.165, 1.54) is 0 Å². The minimum atomic E-state index is -1.06. The van der Waals surface area contributed by atoms with E-state index < -0.39 is 10.8 Å². The molecule has 1 amide bonds. The Bertz CT molecular complexity index is 626. The number of hydrogen-bond acceptors (Lipinski definition) is 2. The Morgan fingerprint density at radius 1 is 1.16 bits per heavy atom. The van der Waals surface area contributed by atoms with Gasteiger partial charge in [-0.1, -0.05) is 22.0 Å². The van der Waals surface area contributed by atoms with Crippen molar-refractivity contribution < 1.29 is 9.00 Å². The van der Waals surface area contributed by atoms with Crippen LogP contribution < -0.4 is 5.32 Å². The van der Waals surface area contributed by atoms with Crippen LogP contribution in [-0.4, -0.2) is 16.4 Å². The highest BCUT2D eigenvalue weighted by Crippen LogP contribution is 2.15. The lowest BCUT2D eigenvalue weighted by molar-refractivity contribution is 0.102. The van der Waals surface area contributed by atoms with Crippen LogP contribution in [0.15, 0.2) is 57.9 Å². The molecular weight excluding hydrogens is 326 g/mol. The molecule has 0 aliphatic rings. The van der Waals surface area contributed by atoms with Gasteiger partial charge < -0.3 is 5.32 Å². The Morgan fingerprint density at radius 3 is 2.47 bits per heavy atom. The molecule has 0 spiro atoms. The summed E-state index contributed by atoms with van der Waals surface area (Å²) in [5.74, 6) is -0.188. The van der Waals surface area contributed by atoms with E-state index in [0.717, 1.165) is 4.47 Å². The molecule has 0 saturated heterocycles. The molecule has 2 rings (SSSR count). The summed E-state index contributed by atoms with van der Waals surface area (Å²) in [6.45, 7) is 0. The molecule has 0 bridgehead atoms. The number of anilines is 1. The van der Waals surface area contributed by atoms with Crippen LogP contribution in [0, 0.1) is 0 Å². The van der Waals surface area contributed by atoms with Gasteiger partial charge in [0.2, 0.25) is 0 Å². The van der Waals surface area contributed by atoms with Crippen molar-refractivity contribution in [2.24, 2.45) is 0 Å². The van der Waals surface area contributed by atoms with Crippen molar-refractivity contribution in [1.29, 1.82) is 0 Å². The highest BCUT2D eigenvalue weighted by Gasteiger charge is 2.06. The number of nitrogens with one attached hydrogen (secondary N) is 1. The molecule has 2 aromatic carbocycles. The van der Waals surface area contributed by atoms with E-state index in [-0.39, 0.29) is 5.91 Å². The van der Waals surface area contributed by atoms with Crippen molar-refractivity contribution in [2.75, 3.05) is 11.6 Å². The summed E-state index contributed by atoms with van der Waals surface area (Å²) in [7, 11) is -1.06. The molecule has 0 aromatic heterocycles. The van der Waals surface area contributed by atoms with Crippen molar-refractivity contribution >= 4 is 38.3 Å². The van der Waals surface area contributed by atoms with Crippen LogP contribution in [0.1, 0.15) is 10.4 Å². The maximum Gasteiger partial charge on any atom is 0.255 e. The van der Waals surface area contributed by atoms with Gasteiger partial charge in [-0.3, -0.25) is 9.00 Å². The van der Waals surface area contributed by atoms with Gasteiger partial charge in [0.1, 0.15) is 0 Å². The second-order valence-corrected chi connectivity index (χ2v) is 6.24. The third-order valence-corrected chi connectivity index (χ3v) is 3.98. The van der Waals surface area contributed by atoms with E-state index in [1.807, 2.05) is 12.1 Å². The molecule has 5 heteroatoms. The molecule has 0 saturated carbocycles. The van der Waals surface area contributed by atoms with Crippen LogP contribution in [0.25, 0.3) is 0 Å². The quantitative estimate of drug-likeness (QED) is 0.932. The van der Waals surface area contributed by atoms with Crippen molar-refractivity contribution in [1.82, 2.24) is 0 Å². The number of halogens is 1. The first kappa shape index (κ1) is 14.0. The van der Waals surface area contributed by atoms with Gasteiger partial charge in [-0.15, -0.1) is 0 Å². The molecule has 1 atom stereocenters. The number of amides is 1. The molecule has 0 aliphatic heterocycles. The maximum atomic E-state index is 12.0. The first-order valence-corrected chi connectivity index (χ1v) is 7.92. The van der Waals surface area contributed by atoms with E-state index in [9.17, 15) is 9.00 Å². The molecule has 0 aliphatic carbocycles. The Kier molecular flexibility index (Phi) is 4.50. The summed E-state index contributed by atoms with van der Waals surface area (Å²) in [6, 6.07) is 14.1. The van der Waals surface area contributed by atoms with Crippen molar-refractivity contribution in [3.8, 4) is 0 Å². The third-order valence-electron chi connectivity index (χ3n) is 2.53. The average Bonchev–Trinajstić information content (AvgIpc) is 2.39. The first-order chi connectivity index (χ1) is 9.06. The van der Waals surface area contributed by atoms with Gasteiger partial charge in [-0.25, -0.2) is 0 Å². The molecule has 98 valence electrons. The van der Waals surface area contributed by atoms with E-state index in [2.05, 4.69) is 21.2 Å². The van der Waals surface area contributed by atoms with Crippen LogP contribution in [0.5, 0.6) is 0 Å². The number of rotatable bonds is 3. The third kappa shape index (κ3) is 3.75. The van der Waals surface area contributed by atoms with E-state index in [4.69, 9.17) is 0 Å². The van der Waals surface area contributed by atoms with Gasteiger partial charge in [0.05, 0.1) is 0 Å². The van der Waals surface area contributed by atoms with Gasteiger partial charge in [-0.05, 0) is 42.5 Å². The maximum absolute atomic E-state index is 12.0. The van der Waals surface area contributed by atoms with Gasteiger partial charge in [0.15, 0.2) is 0 Å². The zero-order chi connectivity index (χ0) is 13.8. The Morgan fingerprint density at radius 2 is 1.84 bits per heavy atom. The summed E-state index contributed by atoms with van der Waals surface area (Å²) >= 11 is 3.32. The standard InChI is InChI=1S/C14H12BrNO2S/c1-19(18)13-4-2-3-12(9-13)16-14(17)10-5-7-11(15)8-6-10/h2-9H,1H3,(H,16,17). The molecule has 19 heavy (non-hydrogen) atoms. The summed E-state index contributed by atoms with van der Waals surface area (Å²) in [5.41, 5.74) is 1.21. The largest absolute Gasteiger partial charge is 0.322 e. The molecular formula is C14H12BrNO2S. The van der Waals surface area contributed by atoms with E-state index in [0.29, 0.717) is 16.1 Å². The minimum absolute atomic E-state index is 0.188. The molecule has 3 nitrogen and oxygen atoms in total. The molecule has 1 unspecified atom stereocenters. The van der Waals surface area contributed by atoms with E-state index in [1.54, 1.807) is 42.7 Å². The monoisotopic (exact) mass is 337 g/mol. The molecule has 0 heterocycles. The van der Waals surface area contributed by atoms with Gasteiger partial charge in [-0.2, -0.15) is 0 Å². The predicted octanol–water partition coefficient (Wildman–Crippen LogP) is 3.44. The number of carbonyl (C=O) groups excluding carboxylic acids is 1. The highest BCUT2D eigenvalue weighted by atomic mass is 79.9. The summed E-state index contributed by atoms with van der Waals surface area (Å²) < 4.78 is 12.3. The molecule has 0 fully saturated rings. The first-order valence-electron chi connectivity index (χ1n) is 5.56. The zero-order valence-corrected chi connectivity index (χ0v) is 12.6. The predicted molar refractivity (Wildman–Crippen MR) is 80.9 cm³/mol. The van der Waals surface area contributed by atoms with Crippen LogP contribution in [0.2, 0.25) is 0 Å². The second kappa shape index (κ2) is 6.12. The Hall–Kier alpha value is -1.46. The topological polar surface area (TPSA) is 46.2 Å². The minimum Gasteiger partial charge on any atom is -0.322 e. The van der Waals surface area contributed by atoms with E-state index >= 15 is 0 Å². The fourth-order valence-corrected chi connectivity index (χ4v) is 2.38. The summed E-state index contributed by atoms with van der Waals surface area (Å²) in [4.78, 5) is 12.7. The van der Waals surface area contributed by atoms with Crippen LogP contribution >= 0.6 is 15.9 Å². The summed E-state index contributed by atoms with van der Waals surface area (Å²) in [5, 5.41) is 2.78. The SMILES string of the molecule is CS(=O)c1cccc(NC(=O)c2ccc(Br)cc2)c1. The fourth-order valence-electron chi connectivity index (χ4n) is 1.56.